The number of aryl methyl sites for hydroxylation is 1. The molecule has 172 valence electrons. The Hall–Kier alpha value is -3.21. The molecular formula is C21H26F2N6O3. The maximum absolute atomic E-state index is 13.0. The number of hydrogen-bond donors (Lipinski definition) is 2. The van der Waals surface area contributed by atoms with Gasteiger partial charge in [0.25, 0.3) is 5.56 Å². The molecule has 0 unspecified atom stereocenters. The summed E-state index contributed by atoms with van der Waals surface area (Å²) in [6.07, 6.45) is 3.76. The predicted octanol–water partition coefficient (Wildman–Crippen LogP) is 1.77. The quantitative estimate of drug-likeness (QED) is 0.595. The summed E-state index contributed by atoms with van der Waals surface area (Å²) >= 11 is 0. The number of ether oxygens (including phenoxy) is 1. The van der Waals surface area contributed by atoms with Crippen LogP contribution in [-0.4, -0.2) is 37.4 Å². The van der Waals surface area contributed by atoms with Gasteiger partial charge < -0.3 is 15.8 Å². The molecule has 1 saturated carbocycles. The number of imidazole rings is 1. The topological polar surface area (TPSA) is 109 Å². The molecule has 1 aliphatic rings. The molecule has 2 aromatic heterocycles. The fraction of sp³-hybridized carbons (Fsp3) is 0.476. The van der Waals surface area contributed by atoms with Crippen molar-refractivity contribution in [2.75, 3.05) is 5.32 Å². The first-order chi connectivity index (χ1) is 15.3. The molecule has 0 spiro atoms. The Labute approximate surface area is 182 Å². The van der Waals surface area contributed by atoms with Crippen molar-refractivity contribution in [2.45, 2.75) is 50.9 Å². The number of aromatic nitrogens is 4. The van der Waals surface area contributed by atoms with Gasteiger partial charge in [-0.25, -0.2) is 4.79 Å². The Bertz CT molecular complexity index is 1250. The molecule has 11 heteroatoms. The second-order valence-electron chi connectivity index (χ2n) is 8.08. The van der Waals surface area contributed by atoms with Gasteiger partial charge in [-0.3, -0.25) is 18.5 Å². The number of nitrogens with two attached hydrogens (primary N) is 1. The number of nitrogens with one attached hydrogen (secondary N) is 1. The third-order valence-electron chi connectivity index (χ3n) is 6.00. The van der Waals surface area contributed by atoms with Crippen LogP contribution in [0.25, 0.3) is 11.2 Å². The number of halogens is 2. The monoisotopic (exact) mass is 448 g/mol. The molecule has 3 aromatic rings. The Morgan fingerprint density at radius 2 is 1.91 bits per heavy atom. The standard InChI is InChI=1S/C21H26F2N6O3/c1-27-17-16(18(30)28(2)21(27)31)29(11-12-7-3-6-10-15(12)32-19(22)23)20(26-17)25-14-9-5-4-8-13(14)24/h3,6-7,10,13-14,19H,4-5,8-9,11,24H2,1-2H3,(H,25,26)/t13-,14+/m0/s1. The molecule has 4 rings (SSSR count). The molecule has 1 aromatic carbocycles. The second kappa shape index (κ2) is 8.73. The summed E-state index contributed by atoms with van der Waals surface area (Å²) in [6.45, 7) is -2.95. The van der Waals surface area contributed by atoms with Crippen molar-refractivity contribution < 1.29 is 13.5 Å². The van der Waals surface area contributed by atoms with E-state index in [2.05, 4.69) is 15.0 Å². The normalized spacial score (nSPS) is 18.9. The van der Waals surface area contributed by atoms with Crippen molar-refractivity contribution >= 4 is 17.1 Å². The lowest BCUT2D eigenvalue weighted by Gasteiger charge is -2.29. The minimum Gasteiger partial charge on any atom is -0.434 e. The van der Waals surface area contributed by atoms with E-state index in [4.69, 9.17) is 5.73 Å². The van der Waals surface area contributed by atoms with Crippen molar-refractivity contribution in [1.29, 1.82) is 0 Å². The Kier molecular flexibility index (Phi) is 6.00. The van der Waals surface area contributed by atoms with Crippen molar-refractivity contribution in [1.82, 2.24) is 18.7 Å². The Morgan fingerprint density at radius 1 is 1.19 bits per heavy atom. The zero-order chi connectivity index (χ0) is 23.0. The van der Waals surface area contributed by atoms with Crippen LogP contribution in [0.1, 0.15) is 31.2 Å². The van der Waals surface area contributed by atoms with E-state index < -0.39 is 17.9 Å². The zero-order valence-corrected chi connectivity index (χ0v) is 17.9. The van der Waals surface area contributed by atoms with Gasteiger partial charge in [0.1, 0.15) is 5.75 Å². The van der Waals surface area contributed by atoms with Crippen LogP contribution in [0.2, 0.25) is 0 Å². The van der Waals surface area contributed by atoms with E-state index in [0.717, 1.165) is 30.3 Å². The van der Waals surface area contributed by atoms with Crippen molar-refractivity contribution in [3.63, 3.8) is 0 Å². The number of anilines is 1. The predicted molar refractivity (Wildman–Crippen MR) is 116 cm³/mol. The number of benzene rings is 1. The molecule has 0 aliphatic heterocycles. The fourth-order valence-electron chi connectivity index (χ4n) is 4.23. The number of alkyl halides is 2. The van der Waals surface area contributed by atoms with Crippen LogP contribution < -0.4 is 27.0 Å². The van der Waals surface area contributed by atoms with Crippen LogP contribution in [0.3, 0.4) is 0 Å². The average Bonchev–Trinajstić information content (AvgIpc) is 3.11. The smallest absolute Gasteiger partial charge is 0.387 e. The average molecular weight is 448 g/mol. The van der Waals surface area contributed by atoms with Crippen LogP contribution >= 0.6 is 0 Å². The summed E-state index contributed by atoms with van der Waals surface area (Å²) < 4.78 is 34.4. The van der Waals surface area contributed by atoms with E-state index >= 15 is 0 Å². The van der Waals surface area contributed by atoms with Gasteiger partial charge >= 0.3 is 12.3 Å². The molecule has 3 N–H and O–H groups in total. The van der Waals surface area contributed by atoms with Gasteiger partial charge in [0, 0.05) is 31.7 Å². The third-order valence-corrected chi connectivity index (χ3v) is 6.00. The molecule has 1 fully saturated rings. The van der Waals surface area contributed by atoms with Crippen LogP contribution in [0, 0.1) is 0 Å². The molecule has 9 nitrogen and oxygen atoms in total. The van der Waals surface area contributed by atoms with Crippen molar-refractivity contribution in [3.05, 3.63) is 50.7 Å². The Morgan fingerprint density at radius 3 is 2.62 bits per heavy atom. The molecule has 2 heterocycles. The van der Waals surface area contributed by atoms with Crippen LogP contribution in [0.5, 0.6) is 5.75 Å². The highest BCUT2D eigenvalue weighted by molar-refractivity contribution is 5.74. The number of hydrogen-bond acceptors (Lipinski definition) is 6. The van der Waals surface area contributed by atoms with Crippen LogP contribution in [0.4, 0.5) is 14.7 Å². The second-order valence-corrected chi connectivity index (χ2v) is 8.08. The van der Waals surface area contributed by atoms with E-state index in [1.54, 1.807) is 22.8 Å². The summed E-state index contributed by atoms with van der Waals surface area (Å²) in [5.74, 6) is 0.360. The minimum absolute atomic E-state index is 0.00584. The van der Waals surface area contributed by atoms with Gasteiger partial charge in [-0.1, -0.05) is 31.0 Å². The van der Waals surface area contributed by atoms with Crippen LogP contribution in [-0.2, 0) is 20.6 Å². The van der Waals surface area contributed by atoms with E-state index in [-0.39, 0.29) is 35.5 Å². The minimum atomic E-state index is -2.98. The highest BCUT2D eigenvalue weighted by Crippen LogP contribution is 2.27. The molecule has 0 radical (unpaired) electrons. The first kappa shape index (κ1) is 22.0. The van der Waals surface area contributed by atoms with Gasteiger partial charge in [0.05, 0.1) is 6.54 Å². The van der Waals surface area contributed by atoms with E-state index in [0.29, 0.717) is 11.5 Å². The molecule has 0 bridgehead atoms. The van der Waals surface area contributed by atoms with Crippen molar-refractivity contribution in [3.8, 4) is 5.75 Å². The first-order valence-electron chi connectivity index (χ1n) is 10.5. The van der Waals surface area contributed by atoms with Gasteiger partial charge in [-0.2, -0.15) is 13.8 Å². The summed E-state index contributed by atoms with van der Waals surface area (Å²) in [4.78, 5) is 30.0. The van der Waals surface area contributed by atoms with E-state index in [1.807, 2.05) is 0 Å². The fourth-order valence-corrected chi connectivity index (χ4v) is 4.23. The van der Waals surface area contributed by atoms with Crippen LogP contribution in [0.15, 0.2) is 33.9 Å². The highest BCUT2D eigenvalue weighted by atomic mass is 19.3. The zero-order valence-electron chi connectivity index (χ0n) is 17.9. The van der Waals surface area contributed by atoms with E-state index in [9.17, 15) is 18.4 Å². The first-order valence-corrected chi connectivity index (χ1v) is 10.5. The molecule has 0 saturated heterocycles. The summed E-state index contributed by atoms with van der Waals surface area (Å²) in [6, 6.07) is 6.23. The van der Waals surface area contributed by atoms with Gasteiger partial charge in [0.15, 0.2) is 11.2 Å². The Balaban J connectivity index is 1.88. The molecule has 1 aliphatic carbocycles. The summed E-state index contributed by atoms with van der Waals surface area (Å²) in [5.41, 5.74) is 6.10. The SMILES string of the molecule is Cn1c(=O)c2c(nc(N[C@@H]3CCCC[C@@H]3N)n2Cc2ccccc2OC(F)F)n(C)c1=O. The third kappa shape index (κ3) is 3.99. The van der Waals surface area contributed by atoms with Gasteiger partial charge in [0.2, 0.25) is 5.95 Å². The van der Waals surface area contributed by atoms with Gasteiger partial charge in [-0.05, 0) is 18.9 Å². The van der Waals surface area contributed by atoms with Crippen molar-refractivity contribution in [2.24, 2.45) is 19.8 Å². The summed E-state index contributed by atoms with van der Waals surface area (Å²) in [7, 11) is 2.92. The molecule has 0 amide bonds. The number of rotatable bonds is 6. The molecular weight excluding hydrogens is 422 g/mol. The molecule has 32 heavy (non-hydrogen) atoms. The maximum Gasteiger partial charge on any atom is 0.387 e. The number of nitrogens with zero attached hydrogens (tertiary/aromatic N) is 4. The van der Waals surface area contributed by atoms with E-state index in [1.165, 1.54) is 24.7 Å². The highest BCUT2D eigenvalue weighted by Gasteiger charge is 2.26. The lowest BCUT2D eigenvalue weighted by Crippen LogP contribution is -2.43. The largest absolute Gasteiger partial charge is 0.434 e. The van der Waals surface area contributed by atoms with Gasteiger partial charge in [-0.15, -0.1) is 0 Å². The number of fused-ring (bicyclic) bond motifs is 1. The summed E-state index contributed by atoms with van der Waals surface area (Å²) in [5, 5.41) is 3.34. The maximum atomic E-state index is 13.0. The lowest BCUT2D eigenvalue weighted by atomic mass is 9.91. The lowest BCUT2D eigenvalue weighted by molar-refractivity contribution is -0.0504. The number of para-hydroxylation sites is 1. The molecule has 2 atom stereocenters.